The zero-order valence-corrected chi connectivity index (χ0v) is 10.2. The second-order valence-corrected chi connectivity index (χ2v) is 3.71. The van der Waals surface area contributed by atoms with Gasteiger partial charge in [-0.05, 0) is 26.1 Å². The molecule has 0 bridgehead atoms. The molecule has 0 saturated carbocycles. The molecule has 0 aliphatic carbocycles. The van der Waals surface area contributed by atoms with Gasteiger partial charge < -0.3 is 10.6 Å². The first-order chi connectivity index (χ1) is 8.72. The Morgan fingerprint density at radius 1 is 1.50 bits per heavy atom. The maximum atomic E-state index is 11.8. The normalized spacial score (nSPS) is 12.1. The standard InChI is InChI=1S/C11H14N6O/c1-8(12-2)11(18)16-9-4-3-5-14-10(9)17-7-13-6-15-17/h3-8,12H,1-2H3,(H,16,18). The summed E-state index contributed by atoms with van der Waals surface area (Å²) in [4.78, 5) is 19.9. The van der Waals surface area contributed by atoms with E-state index in [1.54, 1.807) is 32.3 Å². The fourth-order valence-corrected chi connectivity index (χ4v) is 1.37. The summed E-state index contributed by atoms with van der Waals surface area (Å²) in [6.45, 7) is 1.78. The molecular formula is C11H14N6O. The van der Waals surface area contributed by atoms with Crippen molar-refractivity contribution in [1.82, 2.24) is 25.1 Å². The zero-order valence-electron chi connectivity index (χ0n) is 10.2. The van der Waals surface area contributed by atoms with Crippen molar-refractivity contribution in [2.24, 2.45) is 0 Å². The van der Waals surface area contributed by atoms with Crippen LogP contribution in [-0.4, -0.2) is 38.7 Å². The highest BCUT2D eigenvalue weighted by atomic mass is 16.2. The number of rotatable bonds is 4. The van der Waals surface area contributed by atoms with Gasteiger partial charge in [0.2, 0.25) is 5.91 Å². The van der Waals surface area contributed by atoms with Crippen LogP contribution in [0.15, 0.2) is 31.0 Å². The summed E-state index contributed by atoms with van der Waals surface area (Å²) in [5, 5.41) is 9.66. The first-order valence-electron chi connectivity index (χ1n) is 5.50. The second kappa shape index (κ2) is 5.37. The van der Waals surface area contributed by atoms with Gasteiger partial charge in [0, 0.05) is 6.20 Å². The number of hydrogen-bond donors (Lipinski definition) is 2. The molecule has 0 aromatic carbocycles. The number of carbonyl (C=O) groups excluding carboxylic acids is 1. The molecule has 0 spiro atoms. The van der Waals surface area contributed by atoms with Gasteiger partial charge in [-0.2, -0.15) is 5.10 Å². The third-order valence-corrected chi connectivity index (χ3v) is 2.51. The summed E-state index contributed by atoms with van der Waals surface area (Å²) in [6, 6.07) is 3.23. The van der Waals surface area contributed by atoms with E-state index in [-0.39, 0.29) is 11.9 Å². The smallest absolute Gasteiger partial charge is 0.241 e. The van der Waals surface area contributed by atoms with Crippen LogP contribution in [0.25, 0.3) is 5.82 Å². The van der Waals surface area contributed by atoms with Crippen molar-refractivity contribution in [1.29, 1.82) is 0 Å². The number of likely N-dealkylation sites (N-methyl/N-ethyl adjacent to an activating group) is 1. The molecule has 2 rings (SSSR count). The topological polar surface area (TPSA) is 84.7 Å². The van der Waals surface area contributed by atoms with Crippen LogP contribution in [-0.2, 0) is 4.79 Å². The van der Waals surface area contributed by atoms with Gasteiger partial charge in [-0.25, -0.2) is 14.6 Å². The molecule has 1 amide bonds. The first kappa shape index (κ1) is 12.2. The third kappa shape index (κ3) is 2.51. The number of aromatic nitrogens is 4. The molecule has 18 heavy (non-hydrogen) atoms. The van der Waals surface area contributed by atoms with E-state index >= 15 is 0 Å². The Hall–Kier alpha value is -2.28. The molecule has 7 heteroatoms. The van der Waals surface area contributed by atoms with Crippen molar-refractivity contribution < 1.29 is 4.79 Å². The lowest BCUT2D eigenvalue weighted by molar-refractivity contribution is -0.117. The van der Waals surface area contributed by atoms with Crippen LogP contribution in [0.1, 0.15) is 6.92 Å². The van der Waals surface area contributed by atoms with E-state index in [9.17, 15) is 4.79 Å². The maximum absolute atomic E-state index is 11.8. The molecule has 1 unspecified atom stereocenters. The second-order valence-electron chi connectivity index (χ2n) is 3.71. The van der Waals surface area contributed by atoms with E-state index < -0.39 is 0 Å². The summed E-state index contributed by atoms with van der Waals surface area (Å²) in [7, 11) is 1.73. The fourth-order valence-electron chi connectivity index (χ4n) is 1.37. The predicted octanol–water partition coefficient (Wildman–Crippen LogP) is 0.209. The molecule has 2 heterocycles. The summed E-state index contributed by atoms with van der Waals surface area (Å²) in [5.41, 5.74) is 0.593. The van der Waals surface area contributed by atoms with Gasteiger partial charge in [0.15, 0.2) is 5.82 Å². The predicted molar refractivity (Wildman–Crippen MR) is 66.3 cm³/mol. The quantitative estimate of drug-likeness (QED) is 0.805. The minimum absolute atomic E-state index is 0.133. The van der Waals surface area contributed by atoms with Crippen molar-refractivity contribution >= 4 is 11.6 Å². The highest BCUT2D eigenvalue weighted by Gasteiger charge is 2.13. The van der Waals surface area contributed by atoms with Crippen LogP contribution in [0.4, 0.5) is 5.69 Å². The van der Waals surface area contributed by atoms with E-state index in [2.05, 4.69) is 25.7 Å². The highest BCUT2D eigenvalue weighted by Crippen LogP contribution is 2.15. The van der Waals surface area contributed by atoms with Crippen molar-refractivity contribution in [3.8, 4) is 5.82 Å². The number of carbonyl (C=O) groups is 1. The summed E-state index contributed by atoms with van der Waals surface area (Å²) in [5.74, 6) is 0.401. The van der Waals surface area contributed by atoms with E-state index in [0.717, 1.165) is 0 Å². The Balaban J connectivity index is 2.26. The van der Waals surface area contributed by atoms with Crippen molar-refractivity contribution in [3.63, 3.8) is 0 Å². The first-order valence-corrected chi connectivity index (χ1v) is 5.50. The van der Waals surface area contributed by atoms with Crippen LogP contribution in [0.5, 0.6) is 0 Å². The van der Waals surface area contributed by atoms with Gasteiger partial charge in [0.05, 0.1) is 11.7 Å². The molecule has 7 nitrogen and oxygen atoms in total. The molecule has 0 saturated heterocycles. The maximum Gasteiger partial charge on any atom is 0.241 e. The number of nitrogens with zero attached hydrogens (tertiary/aromatic N) is 4. The SMILES string of the molecule is CNC(C)C(=O)Nc1cccnc1-n1cncn1. The van der Waals surface area contributed by atoms with E-state index in [0.29, 0.717) is 11.5 Å². The largest absolute Gasteiger partial charge is 0.322 e. The number of nitrogens with one attached hydrogen (secondary N) is 2. The van der Waals surface area contributed by atoms with Crippen LogP contribution >= 0.6 is 0 Å². The minimum Gasteiger partial charge on any atom is -0.322 e. The summed E-state index contributed by atoms with van der Waals surface area (Å²) in [6.07, 6.45) is 4.57. The number of pyridine rings is 1. The lowest BCUT2D eigenvalue weighted by Gasteiger charge is -2.13. The molecule has 2 N–H and O–H groups in total. The van der Waals surface area contributed by atoms with Crippen molar-refractivity contribution in [2.75, 3.05) is 12.4 Å². The van der Waals surface area contributed by atoms with Gasteiger partial charge in [0.25, 0.3) is 0 Å². The van der Waals surface area contributed by atoms with E-state index in [4.69, 9.17) is 0 Å². The van der Waals surface area contributed by atoms with Gasteiger partial charge in [-0.1, -0.05) is 0 Å². The van der Waals surface area contributed by atoms with Gasteiger partial charge in [-0.3, -0.25) is 4.79 Å². The molecule has 0 aliphatic heterocycles. The van der Waals surface area contributed by atoms with Gasteiger partial charge in [-0.15, -0.1) is 0 Å². The fraction of sp³-hybridized carbons (Fsp3) is 0.273. The monoisotopic (exact) mass is 246 g/mol. The third-order valence-electron chi connectivity index (χ3n) is 2.51. The van der Waals surface area contributed by atoms with Crippen LogP contribution in [0.3, 0.4) is 0 Å². The Bertz CT molecular complexity index is 524. The summed E-state index contributed by atoms with van der Waals surface area (Å²) >= 11 is 0. The zero-order chi connectivity index (χ0) is 13.0. The molecule has 2 aromatic heterocycles. The van der Waals surface area contributed by atoms with Crippen molar-refractivity contribution in [2.45, 2.75) is 13.0 Å². The molecule has 2 aromatic rings. The Labute approximate surface area is 104 Å². The van der Waals surface area contributed by atoms with Crippen LogP contribution < -0.4 is 10.6 Å². The molecule has 0 radical (unpaired) electrons. The van der Waals surface area contributed by atoms with Crippen LogP contribution in [0, 0.1) is 0 Å². The Morgan fingerprint density at radius 3 is 3.00 bits per heavy atom. The van der Waals surface area contributed by atoms with Crippen LogP contribution in [0.2, 0.25) is 0 Å². The molecule has 1 atom stereocenters. The summed E-state index contributed by atoms with van der Waals surface area (Å²) < 4.78 is 1.50. The number of hydrogen-bond acceptors (Lipinski definition) is 5. The number of amides is 1. The van der Waals surface area contributed by atoms with E-state index in [1.807, 2.05) is 0 Å². The molecule has 0 aliphatic rings. The Kier molecular flexibility index (Phi) is 3.63. The van der Waals surface area contributed by atoms with E-state index in [1.165, 1.54) is 17.3 Å². The van der Waals surface area contributed by atoms with Gasteiger partial charge >= 0.3 is 0 Å². The van der Waals surface area contributed by atoms with Crippen molar-refractivity contribution in [3.05, 3.63) is 31.0 Å². The number of anilines is 1. The highest BCUT2D eigenvalue weighted by molar-refractivity contribution is 5.95. The average Bonchev–Trinajstić information content (AvgIpc) is 2.92. The molecule has 94 valence electrons. The molecular weight excluding hydrogens is 232 g/mol. The lowest BCUT2D eigenvalue weighted by atomic mass is 10.3. The molecule has 0 fully saturated rings. The lowest BCUT2D eigenvalue weighted by Crippen LogP contribution is -2.35. The Morgan fingerprint density at radius 2 is 2.33 bits per heavy atom. The average molecular weight is 246 g/mol. The minimum atomic E-state index is -0.284. The van der Waals surface area contributed by atoms with Gasteiger partial charge in [0.1, 0.15) is 12.7 Å².